The van der Waals surface area contributed by atoms with Gasteiger partial charge >= 0.3 is 5.97 Å². The van der Waals surface area contributed by atoms with E-state index in [0.717, 1.165) is 12.1 Å². The summed E-state index contributed by atoms with van der Waals surface area (Å²) in [5, 5.41) is 10.3. The molecule has 0 atom stereocenters. The minimum atomic E-state index is -1.31. The molecule has 1 amide bonds. The highest BCUT2D eigenvalue weighted by atomic mass is 19.1. The van der Waals surface area contributed by atoms with E-state index in [4.69, 9.17) is 5.11 Å². The van der Waals surface area contributed by atoms with Gasteiger partial charge in [-0.25, -0.2) is 13.6 Å². The Morgan fingerprint density at radius 2 is 1.88 bits per heavy atom. The highest BCUT2D eigenvalue weighted by Crippen LogP contribution is 2.18. The zero-order valence-electron chi connectivity index (χ0n) is 8.83. The van der Waals surface area contributed by atoms with Crippen LogP contribution in [0.5, 0.6) is 0 Å². The van der Waals surface area contributed by atoms with Crippen LogP contribution in [-0.2, 0) is 9.59 Å². The van der Waals surface area contributed by atoms with E-state index in [9.17, 15) is 18.4 Å². The Morgan fingerprint density at radius 1 is 1.24 bits per heavy atom. The van der Waals surface area contributed by atoms with E-state index >= 15 is 0 Å². The van der Waals surface area contributed by atoms with Crippen LogP contribution in [0.25, 0.3) is 0 Å². The maximum atomic E-state index is 13.3. The highest BCUT2D eigenvalue weighted by Gasteiger charge is 2.09. The van der Waals surface area contributed by atoms with Gasteiger partial charge in [0.1, 0.15) is 11.6 Å². The molecule has 1 aromatic carbocycles. The third kappa shape index (κ3) is 3.67. The number of benzene rings is 1. The normalized spacial score (nSPS) is 10.5. The molecule has 0 unspecified atom stereocenters. The van der Waals surface area contributed by atoms with Gasteiger partial charge in [-0.05, 0) is 18.6 Å². The van der Waals surface area contributed by atoms with Gasteiger partial charge in [-0.1, -0.05) is 0 Å². The molecule has 2 N–H and O–H groups in total. The zero-order chi connectivity index (χ0) is 13.0. The summed E-state index contributed by atoms with van der Waals surface area (Å²) in [5.74, 6) is -3.62. The van der Waals surface area contributed by atoms with Crippen molar-refractivity contribution in [3.05, 3.63) is 41.5 Å². The number of aliphatic carboxylic acids is 1. The van der Waals surface area contributed by atoms with Crippen molar-refractivity contribution >= 4 is 17.6 Å². The molecule has 0 saturated carbocycles. The van der Waals surface area contributed by atoms with Crippen LogP contribution in [0.1, 0.15) is 5.56 Å². The quantitative estimate of drug-likeness (QED) is 0.793. The van der Waals surface area contributed by atoms with Crippen LogP contribution in [0.3, 0.4) is 0 Å². The number of rotatable bonds is 3. The first-order valence-corrected chi connectivity index (χ1v) is 4.58. The van der Waals surface area contributed by atoms with E-state index in [-0.39, 0.29) is 11.3 Å². The van der Waals surface area contributed by atoms with Gasteiger partial charge in [0, 0.05) is 18.2 Å². The smallest absolute Gasteiger partial charge is 0.328 e. The number of hydrogen-bond acceptors (Lipinski definition) is 2. The molecule has 90 valence electrons. The third-order valence-corrected chi connectivity index (χ3v) is 1.88. The number of nitrogens with one attached hydrogen (secondary N) is 1. The standard InChI is InChI=1S/C11H9F2NO3/c1-6-4-8(13)9(5-7(6)12)14-10(15)2-3-11(16)17/h2-5H,1H3,(H,14,15)(H,16,17)/b3-2+. The van der Waals surface area contributed by atoms with Crippen molar-refractivity contribution in [2.75, 3.05) is 5.32 Å². The van der Waals surface area contributed by atoms with Gasteiger partial charge in [-0.3, -0.25) is 4.79 Å². The van der Waals surface area contributed by atoms with E-state index in [1.807, 2.05) is 5.32 Å². The molecular weight excluding hydrogens is 232 g/mol. The summed E-state index contributed by atoms with van der Waals surface area (Å²) in [6.07, 6.45) is 1.30. The van der Waals surface area contributed by atoms with Gasteiger partial charge in [0.05, 0.1) is 5.69 Å². The monoisotopic (exact) mass is 241 g/mol. The SMILES string of the molecule is Cc1cc(F)c(NC(=O)/C=C/C(=O)O)cc1F. The molecule has 0 aliphatic rings. The summed E-state index contributed by atoms with van der Waals surface area (Å²) in [7, 11) is 0. The van der Waals surface area contributed by atoms with Crippen molar-refractivity contribution < 1.29 is 23.5 Å². The maximum Gasteiger partial charge on any atom is 0.328 e. The Morgan fingerprint density at radius 3 is 2.47 bits per heavy atom. The van der Waals surface area contributed by atoms with Crippen LogP contribution in [0.15, 0.2) is 24.3 Å². The fraction of sp³-hybridized carbons (Fsp3) is 0.0909. The van der Waals surface area contributed by atoms with Crippen molar-refractivity contribution in [3.63, 3.8) is 0 Å². The molecule has 0 radical (unpaired) electrons. The Balaban J connectivity index is 2.85. The molecule has 0 saturated heterocycles. The van der Waals surface area contributed by atoms with E-state index < -0.39 is 23.5 Å². The molecule has 0 bridgehead atoms. The fourth-order valence-electron chi connectivity index (χ4n) is 1.06. The Bertz CT molecular complexity index is 498. The largest absolute Gasteiger partial charge is 0.478 e. The first-order valence-electron chi connectivity index (χ1n) is 4.58. The van der Waals surface area contributed by atoms with Crippen LogP contribution in [0, 0.1) is 18.6 Å². The second-order valence-electron chi connectivity index (χ2n) is 3.24. The predicted molar refractivity (Wildman–Crippen MR) is 56.5 cm³/mol. The number of hydrogen-bond donors (Lipinski definition) is 2. The molecule has 6 heteroatoms. The lowest BCUT2D eigenvalue weighted by atomic mass is 10.2. The minimum absolute atomic E-state index is 0.113. The molecule has 17 heavy (non-hydrogen) atoms. The summed E-state index contributed by atoms with van der Waals surface area (Å²) < 4.78 is 26.4. The van der Waals surface area contributed by atoms with Crippen LogP contribution in [-0.4, -0.2) is 17.0 Å². The predicted octanol–water partition coefficient (Wildman–Crippen LogP) is 1.85. The molecule has 0 aromatic heterocycles. The van der Waals surface area contributed by atoms with E-state index in [0.29, 0.717) is 12.2 Å². The minimum Gasteiger partial charge on any atom is -0.478 e. The number of carbonyl (C=O) groups excluding carboxylic acids is 1. The number of carboxylic acids is 1. The lowest BCUT2D eigenvalue weighted by Gasteiger charge is -2.05. The number of carbonyl (C=O) groups is 2. The molecule has 0 aliphatic carbocycles. The second-order valence-corrected chi connectivity index (χ2v) is 3.24. The fourth-order valence-corrected chi connectivity index (χ4v) is 1.06. The number of amides is 1. The Hall–Kier alpha value is -2.24. The summed E-state index contributed by atoms with van der Waals surface area (Å²) >= 11 is 0. The van der Waals surface area contributed by atoms with Crippen molar-refractivity contribution in [2.45, 2.75) is 6.92 Å². The van der Waals surface area contributed by atoms with Crippen LogP contribution < -0.4 is 5.32 Å². The number of aryl methyl sites for hydroxylation is 1. The maximum absolute atomic E-state index is 13.3. The lowest BCUT2D eigenvalue weighted by Crippen LogP contribution is -2.10. The molecule has 0 aliphatic heterocycles. The summed E-state index contributed by atoms with van der Waals surface area (Å²) in [6.45, 7) is 1.38. The van der Waals surface area contributed by atoms with Gasteiger partial charge < -0.3 is 10.4 Å². The topological polar surface area (TPSA) is 66.4 Å². The van der Waals surface area contributed by atoms with Gasteiger partial charge in [0.2, 0.25) is 5.91 Å². The van der Waals surface area contributed by atoms with Gasteiger partial charge in [0.25, 0.3) is 0 Å². The van der Waals surface area contributed by atoms with Crippen molar-refractivity contribution in [1.82, 2.24) is 0 Å². The molecule has 0 heterocycles. The lowest BCUT2D eigenvalue weighted by molar-refractivity contribution is -0.131. The van der Waals surface area contributed by atoms with Crippen LogP contribution >= 0.6 is 0 Å². The number of anilines is 1. The van der Waals surface area contributed by atoms with Gasteiger partial charge in [-0.15, -0.1) is 0 Å². The molecule has 0 spiro atoms. The summed E-state index contributed by atoms with van der Waals surface area (Å²) in [6, 6.07) is 1.77. The van der Waals surface area contributed by atoms with Gasteiger partial charge in [-0.2, -0.15) is 0 Å². The molecule has 4 nitrogen and oxygen atoms in total. The average molecular weight is 241 g/mol. The first-order chi connectivity index (χ1) is 7.90. The summed E-state index contributed by atoms with van der Waals surface area (Å²) in [5.41, 5.74) is -0.227. The highest BCUT2D eigenvalue weighted by molar-refractivity contribution is 6.02. The van der Waals surface area contributed by atoms with Crippen molar-refractivity contribution in [3.8, 4) is 0 Å². The first kappa shape index (κ1) is 12.8. The molecule has 1 aromatic rings. The van der Waals surface area contributed by atoms with Crippen LogP contribution in [0.2, 0.25) is 0 Å². The zero-order valence-corrected chi connectivity index (χ0v) is 8.83. The third-order valence-electron chi connectivity index (χ3n) is 1.88. The van der Waals surface area contributed by atoms with E-state index in [1.165, 1.54) is 6.92 Å². The van der Waals surface area contributed by atoms with E-state index in [2.05, 4.69) is 0 Å². The summed E-state index contributed by atoms with van der Waals surface area (Å²) in [4.78, 5) is 21.2. The van der Waals surface area contributed by atoms with Crippen molar-refractivity contribution in [1.29, 1.82) is 0 Å². The van der Waals surface area contributed by atoms with E-state index in [1.54, 1.807) is 0 Å². The molecule has 0 fully saturated rings. The Labute approximate surface area is 95.6 Å². The van der Waals surface area contributed by atoms with Crippen molar-refractivity contribution in [2.24, 2.45) is 0 Å². The molecular formula is C11H9F2NO3. The van der Waals surface area contributed by atoms with Gasteiger partial charge in [0.15, 0.2) is 0 Å². The second kappa shape index (κ2) is 5.20. The molecule has 1 rings (SSSR count). The Kier molecular flexibility index (Phi) is 3.92. The number of halogens is 2. The average Bonchev–Trinajstić information content (AvgIpc) is 2.23. The number of carboxylic acid groups (broad SMARTS) is 1. The van der Waals surface area contributed by atoms with Crippen LogP contribution in [0.4, 0.5) is 14.5 Å².